The van der Waals surface area contributed by atoms with Crippen LogP contribution in [-0.4, -0.2) is 18.6 Å². The smallest absolute Gasteiger partial charge is 0.257 e. The lowest BCUT2D eigenvalue weighted by Crippen LogP contribution is -2.14. The molecule has 0 bridgehead atoms. The van der Waals surface area contributed by atoms with Gasteiger partial charge in [-0.25, -0.2) is 4.39 Å². The van der Waals surface area contributed by atoms with Crippen LogP contribution in [0.2, 0.25) is 5.02 Å². The number of ether oxygens (including phenoxy) is 2. The lowest BCUT2D eigenvalue weighted by Gasteiger charge is -2.14. The number of carbonyl (C=O) groups is 1. The van der Waals surface area contributed by atoms with E-state index in [1.54, 1.807) is 6.07 Å². The van der Waals surface area contributed by atoms with E-state index in [1.807, 2.05) is 19.9 Å². The van der Waals surface area contributed by atoms with Gasteiger partial charge < -0.3 is 14.8 Å². The molecular weight excluding hydrogens is 333 g/mol. The van der Waals surface area contributed by atoms with Gasteiger partial charge in [0.05, 0.1) is 22.9 Å². The molecule has 0 aliphatic carbocycles. The van der Waals surface area contributed by atoms with Crippen molar-refractivity contribution < 1.29 is 18.7 Å². The summed E-state index contributed by atoms with van der Waals surface area (Å²) in [6.45, 7) is 4.32. The van der Waals surface area contributed by atoms with Gasteiger partial charge in [0.15, 0.2) is 0 Å². The number of nitrogens with one attached hydrogen (secondary N) is 1. The molecule has 1 N–H and O–H groups in total. The van der Waals surface area contributed by atoms with Crippen molar-refractivity contribution in [2.45, 2.75) is 26.4 Å². The molecule has 126 valence electrons. The predicted octanol–water partition coefficient (Wildman–Crippen LogP) is 4.45. The third kappa shape index (κ3) is 3.31. The van der Waals surface area contributed by atoms with Gasteiger partial charge in [-0.2, -0.15) is 0 Å². The zero-order valence-electron chi connectivity index (χ0n) is 13.4. The molecule has 1 aliphatic rings. The molecule has 0 aromatic heterocycles. The Morgan fingerprint density at radius 2 is 2.21 bits per heavy atom. The highest BCUT2D eigenvalue weighted by atomic mass is 35.5. The fourth-order valence-corrected chi connectivity index (χ4v) is 2.93. The summed E-state index contributed by atoms with van der Waals surface area (Å²) >= 11 is 5.95. The molecule has 0 fully saturated rings. The van der Waals surface area contributed by atoms with E-state index in [9.17, 15) is 9.18 Å². The van der Waals surface area contributed by atoms with E-state index < -0.39 is 11.7 Å². The number of benzene rings is 2. The number of hydrogen-bond donors (Lipinski definition) is 1. The summed E-state index contributed by atoms with van der Waals surface area (Å²) in [7, 11) is 0. The van der Waals surface area contributed by atoms with Crippen molar-refractivity contribution in [3.8, 4) is 11.5 Å². The summed E-state index contributed by atoms with van der Waals surface area (Å²) in [5, 5.41) is 2.82. The summed E-state index contributed by atoms with van der Waals surface area (Å²) in [6, 6.07) is 7.27. The van der Waals surface area contributed by atoms with Crippen molar-refractivity contribution in [1.29, 1.82) is 0 Å². The summed E-state index contributed by atoms with van der Waals surface area (Å²) < 4.78 is 24.5. The van der Waals surface area contributed by atoms with Crippen LogP contribution in [0.3, 0.4) is 0 Å². The summed E-state index contributed by atoms with van der Waals surface area (Å²) in [5.74, 6) is 0.366. The minimum absolute atomic E-state index is 0.0523. The average molecular weight is 350 g/mol. The molecule has 0 saturated heterocycles. The van der Waals surface area contributed by atoms with Crippen molar-refractivity contribution >= 4 is 23.2 Å². The monoisotopic (exact) mass is 349 g/mol. The molecule has 2 aromatic rings. The van der Waals surface area contributed by atoms with Crippen LogP contribution >= 0.6 is 11.6 Å². The molecule has 0 spiro atoms. The van der Waals surface area contributed by atoms with E-state index in [1.165, 1.54) is 12.1 Å². The van der Waals surface area contributed by atoms with E-state index >= 15 is 0 Å². The molecule has 0 radical (unpaired) electrons. The normalized spacial score (nSPS) is 15.6. The van der Waals surface area contributed by atoms with Crippen molar-refractivity contribution in [3.63, 3.8) is 0 Å². The minimum Gasteiger partial charge on any atom is -0.492 e. The third-order valence-electron chi connectivity index (χ3n) is 3.72. The van der Waals surface area contributed by atoms with Crippen molar-refractivity contribution in [2.24, 2.45) is 0 Å². The summed E-state index contributed by atoms with van der Waals surface area (Å²) in [5.41, 5.74) is 1.73. The third-order valence-corrected chi connectivity index (χ3v) is 4.03. The number of anilines is 1. The molecule has 2 aromatic carbocycles. The molecule has 0 saturated carbocycles. The van der Waals surface area contributed by atoms with Gasteiger partial charge in [0.2, 0.25) is 0 Å². The largest absolute Gasteiger partial charge is 0.492 e. The number of carbonyl (C=O) groups excluding carboxylic acids is 1. The lowest BCUT2D eigenvalue weighted by atomic mass is 10.1. The minimum atomic E-state index is -0.494. The van der Waals surface area contributed by atoms with E-state index in [-0.39, 0.29) is 16.7 Å². The van der Waals surface area contributed by atoms with Crippen LogP contribution in [-0.2, 0) is 6.42 Å². The summed E-state index contributed by atoms with van der Waals surface area (Å²) in [6.07, 6.45) is 0.889. The van der Waals surface area contributed by atoms with Gasteiger partial charge in [0.25, 0.3) is 5.91 Å². The highest BCUT2D eigenvalue weighted by molar-refractivity contribution is 6.34. The van der Waals surface area contributed by atoms with E-state index in [0.29, 0.717) is 18.0 Å². The van der Waals surface area contributed by atoms with Crippen molar-refractivity contribution in [2.75, 3.05) is 11.9 Å². The quantitative estimate of drug-likeness (QED) is 0.886. The number of amides is 1. The fraction of sp³-hybridized carbons (Fsp3) is 0.278. The molecule has 1 heterocycles. The maximum absolute atomic E-state index is 13.1. The molecule has 1 aliphatic heterocycles. The molecule has 24 heavy (non-hydrogen) atoms. The van der Waals surface area contributed by atoms with E-state index in [0.717, 1.165) is 23.8 Å². The Morgan fingerprint density at radius 3 is 2.92 bits per heavy atom. The van der Waals surface area contributed by atoms with Crippen molar-refractivity contribution in [1.82, 2.24) is 0 Å². The highest BCUT2D eigenvalue weighted by Gasteiger charge is 2.23. The lowest BCUT2D eigenvalue weighted by molar-refractivity contribution is 0.102. The van der Waals surface area contributed by atoms with Gasteiger partial charge in [0, 0.05) is 18.1 Å². The van der Waals surface area contributed by atoms with Crippen LogP contribution < -0.4 is 14.8 Å². The van der Waals surface area contributed by atoms with Gasteiger partial charge >= 0.3 is 0 Å². The molecule has 3 rings (SSSR count). The molecule has 6 heteroatoms. The fourth-order valence-electron chi connectivity index (χ4n) is 2.68. The van der Waals surface area contributed by atoms with E-state index in [4.69, 9.17) is 21.1 Å². The van der Waals surface area contributed by atoms with Crippen LogP contribution in [0.4, 0.5) is 10.1 Å². The average Bonchev–Trinajstić information content (AvgIpc) is 2.86. The Morgan fingerprint density at radius 1 is 1.42 bits per heavy atom. The predicted molar refractivity (Wildman–Crippen MR) is 90.8 cm³/mol. The topological polar surface area (TPSA) is 47.6 Å². The Kier molecular flexibility index (Phi) is 4.62. The first kappa shape index (κ1) is 16.6. The van der Waals surface area contributed by atoms with Gasteiger partial charge in [-0.15, -0.1) is 0 Å². The zero-order chi connectivity index (χ0) is 17.3. The van der Waals surface area contributed by atoms with Crippen LogP contribution in [0, 0.1) is 5.82 Å². The SMILES string of the molecule is CCOc1cc2c(cc1NC(=O)c1ccc(F)cc1Cl)OC(C)C2. The standard InChI is InChI=1S/C18H17ClFNO3/c1-3-23-17-7-11-6-10(2)24-16(11)9-15(17)21-18(22)13-5-4-12(20)8-14(13)19/h4-5,7-10H,3,6H2,1-2H3,(H,21,22). The first-order valence-corrected chi connectivity index (χ1v) is 8.08. The van der Waals surface area contributed by atoms with E-state index in [2.05, 4.69) is 5.32 Å². The van der Waals surface area contributed by atoms with Gasteiger partial charge in [-0.05, 0) is 38.1 Å². The second kappa shape index (κ2) is 6.69. The molecule has 1 amide bonds. The van der Waals surface area contributed by atoms with Gasteiger partial charge in [-0.3, -0.25) is 4.79 Å². The van der Waals surface area contributed by atoms with Crippen LogP contribution in [0.25, 0.3) is 0 Å². The number of fused-ring (bicyclic) bond motifs is 1. The van der Waals surface area contributed by atoms with Gasteiger partial charge in [0.1, 0.15) is 23.4 Å². The molecule has 1 atom stereocenters. The second-order valence-electron chi connectivity index (χ2n) is 5.60. The van der Waals surface area contributed by atoms with Crippen LogP contribution in [0.1, 0.15) is 29.8 Å². The zero-order valence-corrected chi connectivity index (χ0v) is 14.1. The maximum Gasteiger partial charge on any atom is 0.257 e. The number of rotatable bonds is 4. The molecule has 4 nitrogen and oxygen atoms in total. The Hall–Kier alpha value is -2.27. The first-order valence-electron chi connectivity index (χ1n) is 7.70. The van der Waals surface area contributed by atoms with Gasteiger partial charge in [-0.1, -0.05) is 11.6 Å². The van der Waals surface area contributed by atoms with Crippen molar-refractivity contribution in [3.05, 3.63) is 52.3 Å². The van der Waals surface area contributed by atoms with Crippen LogP contribution in [0.5, 0.6) is 11.5 Å². The molecule has 1 unspecified atom stereocenters. The molecular formula is C18H17ClFNO3. The number of hydrogen-bond acceptors (Lipinski definition) is 3. The first-order chi connectivity index (χ1) is 11.5. The van der Waals surface area contributed by atoms with Crippen LogP contribution in [0.15, 0.2) is 30.3 Å². The summed E-state index contributed by atoms with van der Waals surface area (Å²) in [4.78, 5) is 12.5. The Bertz CT molecular complexity index is 794. The highest BCUT2D eigenvalue weighted by Crippen LogP contribution is 2.38. The Labute approximate surface area is 144 Å². The maximum atomic E-state index is 13.1. The number of halogens is 2. The Balaban J connectivity index is 1.91. The second-order valence-corrected chi connectivity index (χ2v) is 6.01.